The number of fused-ring (bicyclic) bond motifs is 3. The van der Waals surface area contributed by atoms with Crippen molar-refractivity contribution >= 4 is 47.0 Å². The van der Waals surface area contributed by atoms with E-state index in [9.17, 15) is 14.4 Å². The molecule has 4 aliphatic rings. The Labute approximate surface area is 240 Å². The molecule has 40 heavy (non-hydrogen) atoms. The number of anilines is 1. The van der Waals surface area contributed by atoms with Gasteiger partial charge >= 0.3 is 0 Å². The first-order valence-electron chi connectivity index (χ1n) is 13.5. The molecule has 4 atom stereocenters. The van der Waals surface area contributed by atoms with Crippen molar-refractivity contribution in [1.29, 1.82) is 0 Å². The largest absolute Gasteiger partial charge is 0.356 e. The SMILES string of the molecule is O=Cc1ccc(-c2cc(Cl)c(F)c(C3[C@@H]4C(=O)NCC[C@@H]4N(CC4CC4)[C@@]34C(=O)Nc3cc(Cl)ccc34)c2)cc1. The van der Waals surface area contributed by atoms with Crippen molar-refractivity contribution in [2.45, 2.75) is 36.8 Å². The fraction of sp³-hybridized carbons (Fsp3) is 0.323. The number of nitrogens with zero attached hydrogens (tertiary/aromatic N) is 1. The molecule has 7 rings (SSSR count). The Morgan fingerprint density at radius 2 is 1.77 bits per heavy atom. The number of halogens is 3. The minimum absolute atomic E-state index is 0.0924. The second-order valence-corrected chi connectivity index (χ2v) is 12.1. The predicted molar refractivity (Wildman–Crippen MR) is 151 cm³/mol. The molecule has 1 saturated carbocycles. The van der Waals surface area contributed by atoms with Crippen LogP contribution in [-0.2, 0) is 15.1 Å². The molecule has 204 valence electrons. The number of hydrogen-bond acceptors (Lipinski definition) is 4. The van der Waals surface area contributed by atoms with Crippen molar-refractivity contribution < 1.29 is 18.8 Å². The van der Waals surface area contributed by atoms with E-state index in [1.807, 2.05) is 6.07 Å². The third kappa shape index (κ3) is 3.75. The van der Waals surface area contributed by atoms with Crippen LogP contribution in [0.4, 0.5) is 10.1 Å². The van der Waals surface area contributed by atoms with Gasteiger partial charge in [0.1, 0.15) is 17.6 Å². The molecular weight excluding hydrogens is 552 g/mol. The molecule has 3 aliphatic heterocycles. The van der Waals surface area contributed by atoms with E-state index in [1.54, 1.807) is 48.5 Å². The van der Waals surface area contributed by atoms with Gasteiger partial charge < -0.3 is 10.6 Å². The Kier molecular flexibility index (Phi) is 6.04. The molecule has 3 heterocycles. The van der Waals surface area contributed by atoms with Gasteiger partial charge in [-0.05, 0) is 66.1 Å². The Morgan fingerprint density at radius 3 is 2.50 bits per heavy atom. The Balaban J connectivity index is 1.49. The van der Waals surface area contributed by atoms with Crippen LogP contribution in [0.5, 0.6) is 0 Å². The molecule has 3 aromatic rings. The average molecular weight is 578 g/mol. The van der Waals surface area contributed by atoms with E-state index >= 15 is 4.39 Å². The van der Waals surface area contributed by atoms with Gasteiger partial charge in [-0.15, -0.1) is 0 Å². The number of benzene rings is 3. The van der Waals surface area contributed by atoms with E-state index in [0.29, 0.717) is 52.8 Å². The van der Waals surface area contributed by atoms with Gasteiger partial charge in [0.2, 0.25) is 11.8 Å². The van der Waals surface area contributed by atoms with Crippen molar-refractivity contribution in [3.05, 3.63) is 87.2 Å². The average Bonchev–Trinajstić information content (AvgIpc) is 3.66. The number of likely N-dealkylation sites (tertiary alicyclic amines) is 1. The molecule has 9 heteroatoms. The third-order valence-corrected chi connectivity index (χ3v) is 9.54. The monoisotopic (exact) mass is 577 g/mol. The molecule has 1 spiro atoms. The highest BCUT2D eigenvalue weighted by Crippen LogP contribution is 2.62. The van der Waals surface area contributed by atoms with Gasteiger partial charge in [0.25, 0.3) is 0 Å². The number of rotatable bonds is 5. The van der Waals surface area contributed by atoms with Crippen LogP contribution in [0.25, 0.3) is 11.1 Å². The van der Waals surface area contributed by atoms with Crippen LogP contribution in [0.1, 0.15) is 46.7 Å². The van der Waals surface area contributed by atoms with Gasteiger partial charge in [0, 0.05) is 46.9 Å². The van der Waals surface area contributed by atoms with Crippen LogP contribution < -0.4 is 10.6 Å². The first-order chi connectivity index (χ1) is 19.3. The smallest absolute Gasteiger partial charge is 0.250 e. The lowest BCUT2D eigenvalue weighted by Crippen LogP contribution is -2.53. The number of carbonyl (C=O) groups is 3. The van der Waals surface area contributed by atoms with Crippen molar-refractivity contribution in [2.24, 2.45) is 11.8 Å². The summed E-state index contributed by atoms with van der Waals surface area (Å²) in [5.74, 6) is -2.20. The molecule has 0 bridgehead atoms. The summed E-state index contributed by atoms with van der Waals surface area (Å²) < 4.78 is 16.3. The minimum atomic E-state index is -1.32. The van der Waals surface area contributed by atoms with E-state index < -0.39 is 23.2 Å². The van der Waals surface area contributed by atoms with Gasteiger partial charge in [-0.1, -0.05) is 53.5 Å². The quantitative estimate of drug-likeness (QED) is 0.377. The van der Waals surface area contributed by atoms with Crippen molar-refractivity contribution in [3.63, 3.8) is 0 Å². The second-order valence-electron chi connectivity index (χ2n) is 11.3. The molecule has 0 aromatic heterocycles. The summed E-state index contributed by atoms with van der Waals surface area (Å²) >= 11 is 12.9. The number of nitrogens with one attached hydrogen (secondary N) is 2. The summed E-state index contributed by atoms with van der Waals surface area (Å²) in [5, 5.41) is 6.39. The molecule has 2 N–H and O–H groups in total. The molecule has 2 saturated heterocycles. The van der Waals surface area contributed by atoms with E-state index in [4.69, 9.17) is 23.2 Å². The van der Waals surface area contributed by atoms with Gasteiger partial charge in [-0.25, -0.2) is 4.39 Å². The normalized spacial score (nSPS) is 27.3. The molecule has 6 nitrogen and oxygen atoms in total. The topological polar surface area (TPSA) is 78.5 Å². The standard InChI is InChI=1S/C31H26Cl2FN3O3/c32-20-7-8-22-24(13-20)36-30(40)31(22)27(26-25(9-10-35-29(26)39)37(31)14-16-1-2-16)21-11-19(12-23(33)28(21)34)18-5-3-17(15-38)4-6-18/h3-8,11-13,15-16,25-27H,1-2,9-10,14H2,(H,35,39)(H,36,40)/t25-,26+,27?,31+/m0/s1. The summed E-state index contributed by atoms with van der Waals surface area (Å²) in [4.78, 5) is 41.4. The van der Waals surface area contributed by atoms with Gasteiger partial charge in [-0.3, -0.25) is 19.3 Å². The van der Waals surface area contributed by atoms with Gasteiger partial charge in [0.15, 0.2) is 0 Å². The predicted octanol–water partition coefficient (Wildman–Crippen LogP) is 5.77. The molecule has 1 unspecified atom stereocenters. The molecular formula is C31H26Cl2FN3O3. The summed E-state index contributed by atoms with van der Waals surface area (Å²) in [5.41, 5.74) is 2.08. The lowest BCUT2D eigenvalue weighted by molar-refractivity contribution is -0.128. The van der Waals surface area contributed by atoms with E-state index in [0.717, 1.165) is 24.7 Å². The lowest BCUT2D eigenvalue weighted by Gasteiger charge is -2.40. The third-order valence-electron chi connectivity index (χ3n) is 9.03. The van der Waals surface area contributed by atoms with Gasteiger partial charge in [0.05, 0.1) is 10.9 Å². The Morgan fingerprint density at radius 1 is 1.00 bits per heavy atom. The number of hydrogen-bond donors (Lipinski definition) is 2. The summed E-state index contributed by atoms with van der Waals surface area (Å²) in [6.07, 6.45) is 3.53. The maximum absolute atomic E-state index is 16.3. The van der Waals surface area contributed by atoms with E-state index in [2.05, 4.69) is 15.5 Å². The van der Waals surface area contributed by atoms with Crippen molar-refractivity contribution in [2.75, 3.05) is 18.4 Å². The highest BCUT2D eigenvalue weighted by atomic mass is 35.5. The minimum Gasteiger partial charge on any atom is -0.356 e. The highest BCUT2D eigenvalue weighted by molar-refractivity contribution is 6.31. The van der Waals surface area contributed by atoms with Crippen LogP contribution in [0, 0.1) is 17.7 Å². The highest BCUT2D eigenvalue weighted by Gasteiger charge is 2.69. The summed E-state index contributed by atoms with van der Waals surface area (Å²) in [6, 6.07) is 15.2. The van der Waals surface area contributed by atoms with Crippen molar-refractivity contribution in [3.8, 4) is 11.1 Å². The first kappa shape index (κ1) is 25.7. The number of carbonyl (C=O) groups excluding carboxylic acids is 3. The van der Waals surface area contributed by atoms with Crippen molar-refractivity contribution in [1.82, 2.24) is 10.2 Å². The van der Waals surface area contributed by atoms with E-state index in [1.165, 1.54) is 0 Å². The van der Waals surface area contributed by atoms with Crippen LogP contribution in [0.3, 0.4) is 0 Å². The molecule has 2 amide bonds. The molecule has 3 aromatic carbocycles. The van der Waals surface area contributed by atoms with E-state index in [-0.39, 0.29) is 28.4 Å². The molecule has 1 aliphatic carbocycles. The number of amides is 2. The Hall–Kier alpha value is -3.26. The Bertz CT molecular complexity index is 1570. The van der Waals surface area contributed by atoms with Crippen LogP contribution in [-0.4, -0.2) is 42.1 Å². The molecule has 0 radical (unpaired) electrons. The number of piperidine rings is 1. The number of aldehydes is 1. The second kappa shape index (κ2) is 9.40. The zero-order valence-electron chi connectivity index (χ0n) is 21.4. The van der Waals surface area contributed by atoms with Crippen LogP contribution in [0.2, 0.25) is 10.0 Å². The first-order valence-corrected chi connectivity index (χ1v) is 14.3. The maximum atomic E-state index is 16.3. The fourth-order valence-corrected chi connectivity index (χ4v) is 7.56. The zero-order valence-corrected chi connectivity index (χ0v) is 22.9. The molecule has 3 fully saturated rings. The maximum Gasteiger partial charge on any atom is 0.250 e. The fourth-order valence-electron chi connectivity index (χ4n) is 7.16. The lowest BCUT2D eigenvalue weighted by atomic mass is 9.70. The summed E-state index contributed by atoms with van der Waals surface area (Å²) in [7, 11) is 0. The van der Waals surface area contributed by atoms with Crippen LogP contribution >= 0.6 is 23.2 Å². The zero-order chi connectivity index (χ0) is 27.8. The summed E-state index contributed by atoms with van der Waals surface area (Å²) in [6.45, 7) is 1.13. The van der Waals surface area contributed by atoms with Gasteiger partial charge in [-0.2, -0.15) is 0 Å². The van der Waals surface area contributed by atoms with Crippen LogP contribution in [0.15, 0.2) is 54.6 Å².